The highest BCUT2D eigenvalue weighted by Gasteiger charge is 2.22. The fourth-order valence-corrected chi connectivity index (χ4v) is 3.06. The van der Waals surface area contributed by atoms with Crippen LogP contribution in [0.4, 0.5) is 4.39 Å². The number of halogens is 1. The zero-order valence-corrected chi connectivity index (χ0v) is 16.5. The SMILES string of the molecule is CC(=O)NC(C)COc1ccc(-n2cc3cc(F)c(OCC4CC4)cc3n2)cc1. The maximum Gasteiger partial charge on any atom is 0.217 e. The van der Waals surface area contributed by atoms with E-state index in [2.05, 4.69) is 10.4 Å². The van der Waals surface area contributed by atoms with Gasteiger partial charge in [0.05, 0.1) is 23.9 Å². The smallest absolute Gasteiger partial charge is 0.217 e. The van der Waals surface area contributed by atoms with Crippen LogP contribution < -0.4 is 14.8 Å². The summed E-state index contributed by atoms with van der Waals surface area (Å²) in [5.74, 6) is 1.07. The number of rotatable bonds is 8. The molecular formula is C22H24FN3O3. The van der Waals surface area contributed by atoms with Crippen LogP contribution in [-0.2, 0) is 4.79 Å². The molecule has 0 bridgehead atoms. The molecule has 1 N–H and O–H groups in total. The van der Waals surface area contributed by atoms with Crippen LogP contribution in [0.25, 0.3) is 16.6 Å². The van der Waals surface area contributed by atoms with E-state index in [-0.39, 0.29) is 23.5 Å². The Morgan fingerprint density at radius 3 is 2.72 bits per heavy atom. The lowest BCUT2D eigenvalue weighted by Gasteiger charge is -2.14. The van der Waals surface area contributed by atoms with Gasteiger partial charge in [0, 0.05) is 24.6 Å². The Labute approximate surface area is 168 Å². The minimum absolute atomic E-state index is 0.0742. The van der Waals surface area contributed by atoms with Crippen molar-refractivity contribution < 1.29 is 18.7 Å². The summed E-state index contributed by atoms with van der Waals surface area (Å²) < 4.78 is 27.3. The molecule has 1 atom stereocenters. The molecule has 7 heteroatoms. The third-order valence-corrected chi connectivity index (χ3v) is 4.78. The minimum Gasteiger partial charge on any atom is -0.491 e. The lowest BCUT2D eigenvalue weighted by Crippen LogP contribution is -2.35. The first kappa shape index (κ1) is 19.2. The fraction of sp³-hybridized carbons (Fsp3) is 0.364. The van der Waals surface area contributed by atoms with Gasteiger partial charge in [-0.1, -0.05) is 0 Å². The number of fused-ring (bicyclic) bond motifs is 1. The summed E-state index contributed by atoms with van der Waals surface area (Å²) in [4.78, 5) is 11.0. The van der Waals surface area contributed by atoms with E-state index in [4.69, 9.17) is 9.47 Å². The Bertz CT molecular complexity index is 1010. The third-order valence-electron chi connectivity index (χ3n) is 4.78. The fourth-order valence-electron chi connectivity index (χ4n) is 3.06. The molecule has 1 saturated carbocycles. The Morgan fingerprint density at radius 2 is 2.03 bits per heavy atom. The average molecular weight is 397 g/mol. The number of ether oxygens (including phenoxy) is 2. The normalized spacial score (nSPS) is 14.6. The minimum atomic E-state index is -0.366. The van der Waals surface area contributed by atoms with Crippen molar-refractivity contribution in [1.82, 2.24) is 15.1 Å². The van der Waals surface area contributed by atoms with Gasteiger partial charge in [-0.3, -0.25) is 4.79 Å². The topological polar surface area (TPSA) is 65.4 Å². The molecule has 1 aromatic heterocycles. The number of carbonyl (C=O) groups excluding carboxylic acids is 1. The van der Waals surface area contributed by atoms with E-state index in [1.807, 2.05) is 31.2 Å². The third kappa shape index (κ3) is 4.85. The molecule has 0 saturated heterocycles. The first-order valence-corrected chi connectivity index (χ1v) is 9.80. The predicted molar refractivity (Wildman–Crippen MR) is 108 cm³/mol. The maximum absolute atomic E-state index is 14.3. The highest BCUT2D eigenvalue weighted by molar-refractivity contribution is 5.80. The van der Waals surface area contributed by atoms with Crippen LogP contribution in [0.2, 0.25) is 0 Å². The first-order chi connectivity index (χ1) is 14.0. The summed E-state index contributed by atoms with van der Waals surface area (Å²) in [6, 6.07) is 10.5. The molecule has 3 aromatic rings. The highest BCUT2D eigenvalue weighted by Crippen LogP contribution is 2.31. The number of nitrogens with zero attached hydrogens (tertiary/aromatic N) is 2. The molecule has 1 unspecified atom stereocenters. The zero-order valence-electron chi connectivity index (χ0n) is 16.5. The van der Waals surface area contributed by atoms with Crippen molar-refractivity contribution >= 4 is 16.8 Å². The van der Waals surface area contributed by atoms with Crippen LogP contribution >= 0.6 is 0 Å². The van der Waals surface area contributed by atoms with E-state index in [1.165, 1.54) is 13.0 Å². The average Bonchev–Trinajstić information content (AvgIpc) is 3.43. The van der Waals surface area contributed by atoms with E-state index < -0.39 is 0 Å². The molecule has 2 aromatic carbocycles. The number of amides is 1. The highest BCUT2D eigenvalue weighted by atomic mass is 19.1. The van der Waals surface area contributed by atoms with Gasteiger partial charge in [-0.15, -0.1) is 0 Å². The second-order valence-electron chi connectivity index (χ2n) is 7.58. The molecular weight excluding hydrogens is 373 g/mol. The number of nitrogens with one attached hydrogen (secondary N) is 1. The van der Waals surface area contributed by atoms with Crippen molar-refractivity contribution in [1.29, 1.82) is 0 Å². The summed E-state index contributed by atoms with van der Waals surface area (Å²) in [6.45, 7) is 4.30. The summed E-state index contributed by atoms with van der Waals surface area (Å²) >= 11 is 0. The van der Waals surface area contributed by atoms with Crippen molar-refractivity contribution in [3.05, 3.63) is 48.4 Å². The molecule has 1 heterocycles. The van der Waals surface area contributed by atoms with Gasteiger partial charge in [0.15, 0.2) is 11.6 Å². The monoisotopic (exact) mass is 397 g/mol. The predicted octanol–water partition coefficient (Wildman–Crippen LogP) is 3.86. The maximum atomic E-state index is 14.3. The zero-order chi connectivity index (χ0) is 20.4. The van der Waals surface area contributed by atoms with Crippen molar-refractivity contribution in [2.45, 2.75) is 32.7 Å². The second kappa shape index (κ2) is 8.11. The van der Waals surface area contributed by atoms with Crippen LogP contribution in [-0.4, -0.2) is 34.9 Å². The summed E-state index contributed by atoms with van der Waals surface area (Å²) in [6.07, 6.45) is 4.10. The van der Waals surface area contributed by atoms with Gasteiger partial charge in [0.25, 0.3) is 0 Å². The quantitative estimate of drug-likeness (QED) is 0.627. The molecule has 29 heavy (non-hydrogen) atoms. The van der Waals surface area contributed by atoms with Crippen molar-refractivity contribution in [3.63, 3.8) is 0 Å². The van der Waals surface area contributed by atoms with Gasteiger partial charge >= 0.3 is 0 Å². The molecule has 152 valence electrons. The molecule has 0 radical (unpaired) electrons. The molecule has 0 aliphatic heterocycles. The van der Waals surface area contributed by atoms with Gasteiger partial charge in [-0.05, 0) is 56.0 Å². The van der Waals surface area contributed by atoms with Gasteiger partial charge in [0.2, 0.25) is 5.91 Å². The molecule has 4 rings (SSSR count). The first-order valence-electron chi connectivity index (χ1n) is 9.80. The Morgan fingerprint density at radius 1 is 1.28 bits per heavy atom. The Kier molecular flexibility index (Phi) is 5.38. The van der Waals surface area contributed by atoms with Gasteiger partial charge in [0.1, 0.15) is 12.4 Å². The van der Waals surface area contributed by atoms with Crippen molar-refractivity contribution in [2.75, 3.05) is 13.2 Å². The van der Waals surface area contributed by atoms with E-state index in [0.29, 0.717) is 35.8 Å². The number of hydrogen-bond acceptors (Lipinski definition) is 4. The largest absolute Gasteiger partial charge is 0.491 e. The van der Waals surface area contributed by atoms with Gasteiger partial charge < -0.3 is 14.8 Å². The van der Waals surface area contributed by atoms with E-state index in [1.54, 1.807) is 16.9 Å². The van der Waals surface area contributed by atoms with E-state index in [0.717, 1.165) is 18.5 Å². The molecule has 1 aliphatic rings. The summed E-state index contributed by atoms with van der Waals surface area (Å²) in [5.41, 5.74) is 1.52. The summed E-state index contributed by atoms with van der Waals surface area (Å²) in [5, 5.41) is 8.03. The lowest BCUT2D eigenvalue weighted by molar-refractivity contribution is -0.119. The standard InChI is InChI=1S/C22H24FN3O3/c1-14(24-15(2)27)12-28-19-7-5-18(6-8-19)26-11-17-9-20(23)22(10-21(17)25-26)29-13-16-3-4-16/h5-11,14,16H,3-4,12-13H2,1-2H3,(H,24,27). The number of benzene rings is 2. The van der Waals surface area contributed by atoms with Crippen molar-refractivity contribution in [3.8, 4) is 17.2 Å². The Hall–Kier alpha value is -3.09. The van der Waals surface area contributed by atoms with Crippen LogP contribution in [0.1, 0.15) is 26.7 Å². The van der Waals surface area contributed by atoms with Crippen LogP contribution in [0, 0.1) is 11.7 Å². The van der Waals surface area contributed by atoms with E-state index in [9.17, 15) is 9.18 Å². The lowest BCUT2D eigenvalue weighted by atomic mass is 10.2. The van der Waals surface area contributed by atoms with Crippen molar-refractivity contribution in [2.24, 2.45) is 5.92 Å². The number of carbonyl (C=O) groups is 1. The summed E-state index contributed by atoms with van der Waals surface area (Å²) in [7, 11) is 0. The molecule has 0 spiro atoms. The van der Waals surface area contributed by atoms with Crippen LogP contribution in [0.3, 0.4) is 0 Å². The van der Waals surface area contributed by atoms with E-state index >= 15 is 0 Å². The van der Waals surface area contributed by atoms with Crippen LogP contribution in [0.5, 0.6) is 11.5 Å². The van der Waals surface area contributed by atoms with Gasteiger partial charge in [-0.2, -0.15) is 5.10 Å². The second-order valence-corrected chi connectivity index (χ2v) is 7.58. The number of hydrogen-bond donors (Lipinski definition) is 1. The molecule has 6 nitrogen and oxygen atoms in total. The Balaban J connectivity index is 1.45. The van der Waals surface area contributed by atoms with Crippen LogP contribution in [0.15, 0.2) is 42.6 Å². The molecule has 1 aliphatic carbocycles. The van der Waals surface area contributed by atoms with Gasteiger partial charge in [-0.25, -0.2) is 9.07 Å². The molecule has 1 fully saturated rings. The molecule has 1 amide bonds. The number of aromatic nitrogens is 2.